The van der Waals surface area contributed by atoms with Gasteiger partial charge < -0.3 is 16.5 Å². The lowest BCUT2D eigenvalue weighted by molar-refractivity contribution is -0.122. The maximum absolute atomic E-state index is 13.3. The van der Waals surface area contributed by atoms with Crippen LogP contribution in [0, 0.1) is 12.8 Å². The first kappa shape index (κ1) is 27.4. The number of nitrogen functional groups attached to an aromatic ring is 1. The number of ketones is 1. The molecule has 2 heterocycles. The summed E-state index contributed by atoms with van der Waals surface area (Å²) < 4.78 is 0. The number of carbonyl (C=O) groups is 2. The van der Waals surface area contributed by atoms with Crippen molar-refractivity contribution in [2.45, 2.75) is 46.2 Å². The fourth-order valence-electron chi connectivity index (χ4n) is 4.55. The van der Waals surface area contributed by atoms with Crippen molar-refractivity contribution in [3.8, 4) is 0 Å². The molecule has 2 atom stereocenters. The van der Waals surface area contributed by atoms with Crippen LogP contribution in [-0.4, -0.2) is 45.7 Å². The number of rotatable bonds is 9. The van der Waals surface area contributed by atoms with Crippen molar-refractivity contribution < 1.29 is 9.59 Å². The number of pyridine rings is 1. The highest BCUT2D eigenvalue weighted by atomic mass is 16.2. The molecule has 0 saturated heterocycles. The zero-order valence-corrected chi connectivity index (χ0v) is 22.6. The van der Waals surface area contributed by atoms with Crippen molar-refractivity contribution in [1.29, 1.82) is 0 Å². The van der Waals surface area contributed by atoms with Gasteiger partial charge in [0.05, 0.1) is 5.69 Å². The number of hydrogen-bond donors (Lipinski definition) is 2. The Balaban J connectivity index is 1.52. The van der Waals surface area contributed by atoms with Crippen LogP contribution in [0.5, 0.6) is 0 Å². The van der Waals surface area contributed by atoms with Gasteiger partial charge >= 0.3 is 0 Å². The Hall–Kier alpha value is -4.59. The molecule has 2 unspecified atom stereocenters. The molecule has 39 heavy (non-hydrogen) atoms. The van der Waals surface area contributed by atoms with Crippen molar-refractivity contribution in [2.75, 3.05) is 11.1 Å². The monoisotopic (exact) mass is 521 g/mol. The second kappa shape index (κ2) is 11.9. The van der Waals surface area contributed by atoms with E-state index in [-0.39, 0.29) is 35.0 Å². The first-order valence-corrected chi connectivity index (χ1v) is 13.0. The second-order valence-corrected chi connectivity index (χ2v) is 9.88. The van der Waals surface area contributed by atoms with Crippen molar-refractivity contribution in [2.24, 2.45) is 11.0 Å². The number of allylic oxidation sites excluding steroid dienone is 1. The number of anilines is 2. The summed E-state index contributed by atoms with van der Waals surface area (Å²) in [5.74, 6) is -0.378. The molecule has 8 nitrogen and oxygen atoms in total. The Morgan fingerprint density at radius 2 is 1.87 bits per heavy atom. The summed E-state index contributed by atoms with van der Waals surface area (Å²) >= 11 is 0. The number of hydrazone groups is 1. The number of nitrogens with zero attached hydrogens (tertiary/aromatic N) is 4. The highest BCUT2D eigenvalue weighted by Gasteiger charge is 2.37. The highest BCUT2D eigenvalue weighted by molar-refractivity contribution is 6.17. The zero-order chi connectivity index (χ0) is 28.1. The van der Waals surface area contributed by atoms with Crippen LogP contribution in [-0.2, 0) is 4.79 Å². The quantitative estimate of drug-likeness (QED) is 0.224. The van der Waals surface area contributed by atoms with Crippen LogP contribution in [0.25, 0.3) is 11.5 Å². The SMILES string of the molecule is CCC1C=NN(C(C)C)C1C(=O)Nc1cc(C(=O)c2ccc(C(=[N-])/C=C/c3ccccn3)c(N)c2)ccc1C. The number of aromatic nitrogens is 1. The number of carbonyl (C=O) groups excluding carboxylic acids is 2. The molecule has 0 aliphatic carbocycles. The minimum atomic E-state index is -0.406. The Labute approximate surface area is 229 Å². The lowest BCUT2D eigenvalue weighted by atomic mass is 9.96. The van der Waals surface area contributed by atoms with E-state index in [9.17, 15) is 15.0 Å². The van der Waals surface area contributed by atoms with Crippen LogP contribution < -0.4 is 11.1 Å². The molecular formula is C31H33N6O2-. The van der Waals surface area contributed by atoms with Gasteiger partial charge in [0, 0.05) is 46.9 Å². The van der Waals surface area contributed by atoms with E-state index in [2.05, 4.69) is 15.4 Å². The molecule has 3 N–H and O–H groups in total. The topological polar surface area (TPSA) is 123 Å². The minimum Gasteiger partial charge on any atom is -0.803 e. The summed E-state index contributed by atoms with van der Waals surface area (Å²) in [6.45, 7) is 7.93. The molecule has 1 aromatic heterocycles. The summed E-state index contributed by atoms with van der Waals surface area (Å²) in [7, 11) is 0. The Morgan fingerprint density at radius 3 is 2.54 bits per heavy atom. The minimum absolute atomic E-state index is 0.0195. The summed E-state index contributed by atoms with van der Waals surface area (Å²) in [5.41, 5.74) is 9.76. The van der Waals surface area contributed by atoms with E-state index in [4.69, 9.17) is 5.73 Å². The van der Waals surface area contributed by atoms with Gasteiger partial charge in [0.25, 0.3) is 0 Å². The van der Waals surface area contributed by atoms with Gasteiger partial charge in [0.1, 0.15) is 6.04 Å². The van der Waals surface area contributed by atoms with E-state index in [1.165, 1.54) is 6.08 Å². The second-order valence-electron chi connectivity index (χ2n) is 9.88. The van der Waals surface area contributed by atoms with Crippen LogP contribution in [0.15, 0.2) is 72.0 Å². The normalized spacial score (nSPS) is 16.7. The number of amides is 1. The van der Waals surface area contributed by atoms with E-state index in [1.54, 1.807) is 42.6 Å². The molecule has 200 valence electrons. The molecule has 2 aromatic carbocycles. The zero-order valence-electron chi connectivity index (χ0n) is 22.6. The average molecular weight is 522 g/mol. The fraction of sp³-hybridized carbons (Fsp3) is 0.258. The molecule has 1 aliphatic heterocycles. The molecule has 0 spiro atoms. The van der Waals surface area contributed by atoms with Gasteiger partial charge in [-0.25, -0.2) is 0 Å². The molecule has 0 radical (unpaired) electrons. The fourth-order valence-corrected chi connectivity index (χ4v) is 4.55. The van der Waals surface area contributed by atoms with Crippen molar-refractivity contribution in [1.82, 2.24) is 9.99 Å². The number of aryl methyl sites for hydroxylation is 1. The summed E-state index contributed by atoms with van der Waals surface area (Å²) in [6, 6.07) is 15.2. The number of hydrogen-bond acceptors (Lipinski definition) is 6. The average Bonchev–Trinajstić information content (AvgIpc) is 3.38. The van der Waals surface area contributed by atoms with Gasteiger partial charge in [-0.15, -0.1) is 5.71 Å². The van der Waals surface area contributed by atoms with Gasteiger partial charge in [-0.05, 0) is 68.7 Å². The molecule has 1 amide bonds. The smallest absolute Gasteiger partial charge is 0.249 e. The summed E-state index contributed by atoms with van der Waals surface area (Å²) in [5, 5.41) is 19.8. The molecule has 4 rings (SSSR count). The Bertz CT molecular complexity index is 1440. The van der Waals surface area contributed by atoms with Crippen LogP contribution >= 0.6 is 0 Å². The van der Waals surface area contributed by atoms with Gasteiger partial charge in [-0.3, -0.25) is 19.6 Å². The number of benzene rings is 2. The third-order valence-electron chi connectivity index (χ3n) is 6.80. The van der Waals surface area contributed by atoms with Crippen LogP contribution in [0.2, 0.25) is 0 Å². The van der Waals surface area contributed by atoms with Gasteiger partial charge in [0.15, 0.2) is 5.78 Å². The van der Waals surface area contributed by atoms with E-state index in [1.807, 2.05) is 63.2 Å². The lowest BCUT2D eigenvalue weighted by Crippen LogP contribution is -2.45. The highest BCUT2D eigenvalue weighted by Crippen LogP contribution is 2.26. The van der Waals surface area contributed by atoms with Gasteiger partial charge in [0.2, 0.25) is 5.91 Å². The molecule has 0 bridgehead atoms. The van der Waals surface area contributed by atoms with Gasteiger partial charge in [-0.2, -0.15) is 5.10 Å². The van der Waals surface area contributed by atoms with E-state index in [0.29, 0.717) is 28.1 Å². The van der Waals surface area contributed by atoms with E-state index >= 15 is 0 Å². The molecule has 0 fully saturated rings. The molecule has 8 heteroatoms. The predicted octanol–water partition coefficient (Wildman–Crippen LogP) is 5.32. The van der Waals surface area contributed by atoms with Crippen LogP contribution in [0.4, 0.5) is 11.4 Å². The largest absolute Gasteiger partial charge is 0.803 e. The van der Waals surface area contributed by atoms with Crippen molar-refractivity contribution in [3.63, 3.8) is 0 Å². The third-order valence-corrected chi connectivity index (χ3v) is 6.80. The molecule has 1 aliphatic rings. The Kier molecular flexibility index (Phi) is 8.34. The number of nitrogens with one attached hydrogen (secondary N) is 1. The van der Waals surface area contributed by atoms with Crippen molar-refractivity contribution in [3.05, 3.63) is 100 Å². The van der Waals surface area contributed by atoms with Gasteiger partial charge in [-0.1, -0.05) is 43.3 Å². The van der Waals surface area contributed by atoms with Crippen LogP contribution in [0.1, 0.15) is 59.9 Å². The van der Waals surface area contributed by atoms with Crippen LogP contribution in [0.3, 0.4) is 0 Å². The molecule has 0 saturated carbocycles. The summed E-state index contributed by atoms with van der Waals surface area (Å²) in [4.78, 5) is 30.9. The first-order valence-electron chi connectivity index (χ1n) is 13.0. The van der Waals surface area contributed by atoms with E-state index in [0.717, 1.165) is 12.0 Å². The summed E-state index contributed by atoms with van der Waals surface area (Å²) in [6.07, 6.45) is 7.50. The lowest BCUT2D eigenvalue weighted by Gasteiger charge is -2.29. The predicted molar refractivity (Wildman–Crippen MR) is 158 cm³/mol. The maximum atomic E-state index is 13.3. The maximum Gasteiger partial charge on any atom is 0.249 e. The first-order chi connectivity index (χ1) is 18.7. The molecular weight excluding hydrogens is 488 g/mol. The standard InChI is InChI=1S/C31H33N6O2/c1-5-21-18-35-37(19(2)3)29(21)31(39)36-28-17-23(10-9-20(28)4)30(38)22-11-13-25(27(33)16-22)26(32)14-12-24-8-6-7-15-34-24/h6-19,21,29H,5,33H2,1-4H3,(H,36,39)/q-1/b14-12+. The van der Waals surface area contributed by atoms with Crippen molar-refractivity contribution >= 4 is 41.1 Å². The Morgan fingerprint density at radius 1 is 1.13 bits per heavy atom. The third kappa shape index (κ3) is 6.12. The molecule has 3 aromatic rings. The number of nitrogens with two attached hydrogens (primary N) is 1. The van der Waals surface area contributed by atoms with E-state index < -0.39 is 6.04 Å².